The Morgan fingerprint density at radius 3 is 2.05 bits per heavy atom. The van der Waals surface area contributed by atoms with Gasteiger partial charge in [-0.15, -0.1) is 0 Å². The largest absolute Gasteiger partial charge is 0.0856 e. The van der Waals surface area contributed by atoms with Gasteiger partial charge in [0, 0.05) is 0 Å². The Morgan fingerprint density at radius 2 is 1.53 bits per heavy atom. The molecule has 0 N–H and O–H groups in total. The van der Waals surface area contributed by atoms with E-state index >= 15 is 0 Å². The van der Waals surface area contributed by atoms with Gasteiger partial charge in [0.1, 0.15) is 0 Å². The monoisotopic (exact) mass is 266 g/mol. The fraction of sp³-hybridized carbons (Fsp3) is 0.895. The van der Waals surface area contributed by atoms with Gasteiger partial charge in [-0.3, -0.25) is 0 Å². The van der Waals surface area contributed by atoms with Crippen LogP contribution in [0.2, 0.25) is 0 Å². The van der Waals surface area contributed by atoms with Crippen molar-refractivity contribution in [2.75, 3.05) is 0 Å². The molecule has 19 heavy (non-hydrogen) atoms. The van der Waals surface area contributed by atoms with E-state index in [1.807, 2.05) is 0 Å². The fourth-order valence-corrected chi connectivity index (χ4v) is 2.60. The molecule has 0 amide bonds. The van der Waals surface area contributed by atoms with Crippen molar-refractivity contribution in [2.24, 2.45) is 17.8 Å². The third kappa shape index (κ3) is 11.3. The molecule has 0 aliphatic carbocycles. The topological polar surface area (TPSA) is 0 Å². The summed E-state index contributed by atoms with van der Waals surface area (Å²) in [6, 6.07) is 0. The predicted molar refractivity (Wildman–Crippen MR) is 89.5 cm³/mol. The van der Waals surface area contributed by atoms with Gasteiger partial charge in [0.15, 0.2) is 0 Å². The van der Waals surface area contributed by atoms with Gasteiger partial charge >= 0.3 is 0 Å². The minimum absolute atomic E-state index is 0.852. The fourth-order valence-electron chi connectivity index (χ4n) is 2.60. The van der Waals surface area contributed by atoms with Gasteiger partial charge in [-0.1, -0.05) is 84.3 Å². The molecule has 0 fully saturated rings. The second-order valence-electron chi connectivity index (χ2n) is 7.03. The van der Waals surface area contributed by atoms with E-state index in [1.54, 1.807) is 0 Å². The van der Waals surface area contributed by atoms with Crippen molar-refractivity contribution in [3.05, 3.63) is 11.6 Å². The average molecular weight is 267 g/mol. The van der Waals surface area contributed by atoms with Crippen LogP contribution in [0.25, 0.3) is 0 Å². The number of hydrogen-bond donors (Lipinski definition) is 0. The molecule has 0 aliphatic rings. The average Bonchev–Trinajstić information content (AvgIpc) is 2.34. The highest BCUT2D eigenvalue weighted by molar-refractivity contribution is 4.93. The van der Waals surface area contributed by atoms with Gasteiger partial charge in [-0.05, 0) is 38.0 Å². The van der Waals surface area contributed by atoms with Gasteiger partial charge < -0.3 is 0 Å². The molecule has 0 radical (unpaired) electrons. The maximum absolute atomic E-state index is 2.43. The Balaban J connectivity index is 3.72. The zero-order chi connectivity index (χ0) is 14.7. The van der Waals surface area contributed by atoms with E-state index in [0.717, 1.165) is 17.8 Å². The standard InChI is InChI=1S/C19H38/c1-7-11-19(15-14-16(2)3)13-10-8-9-12-18(6)17(4)5/h14,17-19H,7-13,15H2,1-6H3. The molecule has 0 heteroatoms. The summed E-state index contributed by atoms with van der Waals surface area (Å²) in [5.74, 6) is 2.69. The lowest BCUT2D eigenvalue weighted by atomic mass is 9.90. The lowest BCUT2D eigenvalue weighted by Gasteiger charge is -2.16. The van der Waals surface area contributed by atoms with Crippen LogP contribution in [-0.2, 0) is 0 Å². The summed E-state index contributed by atoms with van der Waals surface area (Å²) in [4.78, 5) is 0. The molecule has 0 bridgehead atoms. The first kappa shape index (κ1) is 18.7. The van der Waals surface area contributed by atoms with Gasteiger partial charge in [0.25, 0.3) is 0 Å². The van der Waals surface area contributed by atoms with E-state index in [4.69, 9.17) is 0 Å². The van der Waals surface area contributed by atoms with Crippen molar-refractivity contribution in [1.29, 1.82) is 0 Å². The third-order valence-corrected chi connectivity index (χ3v) is 4.47. The Morgan fingerprint density at radius 1 is 0.895 bits per heavy atom. The van der Waals surface area contributed by atoms with Crippen LogP contribution >= 0.6 is 0 Å². The first-order valence-corrected chi connectivity index (χ1v) is 8.60. The Labute approximate surface area is 123 Å². The van der Waals surface area contributed by atoms with Crippen LogP contribution in [0.4, 0.5) is 0 Å². The van der Waals surface area contributed by atoms with E-state index in [9.17, 15) is 0 Å². The second-order valence-corrected chi connectivity index (χ2v) is 7.03. The van der Waals surface area contributed by atoms with Gasteiger partial charge in [-0.2, -0.15) is 0 Å². The molecule has 0 heterocycles. The molecule has 0 spiro atoms. The normalized spacial score (nSPS) is 14.5. The van der Waals surface area contributed by atoms with Crippen molar-refractivity contribution < 1.29 is 0 Å². The van der Waals surface area contributed by atoms with Gasteiger partial charge in [0.2, 0.25) is 0 Å². The Hall–Kier alpha value is -0.260. The molecule has 0 saturated heterocycles. The van der Waals surface area contributed by atoms with E-state index in [2.05, 4.69) is 47.6 Å². The molecule has 0 aliphatic heterocycles. The van der Waals surface area contributed by atoms with Crippen molar-refractivity contribution in [1.82, 2.24) is 0 Å². The molecule has 0 rings (SSSR count). The highest BCUT2D eigenvalue weighted by Crippen LogP contribution is 2.22. The summed E-state index contributed by atoms with van der Waals surface area (Å²) in [7, 11) is 0. The van der Waals surface area contributed by atoms with Gasteiger partial charge in [0.05, 0.1) is 0 Å². The van der Waals surface area contributed by atoms with Gasteiger partial charge in [-0.25, -0.2) is 0 Å². The predicted octanol–water partition coefficient (Wildman–Crippen LogP) is 7.00. The van der Waals surface area contributed by atoms with E-state index in [1.165, 1.54) is 56.9 Å². The van der Waals surface area contributed by atoms with E-state index in [-0.39, 0.29) is 0 Å². The Kier molecular flexibility index (Phi) is 11.4. The summed E-state index contributed by atoms with van der Waals surface area (Å²) in [6.45, 7) is 13.9. The molecule has 2 atom stereocenters. The first-order valence-electron chi connectivity index (χ1n) is 8.60. The van der Waals surface area contributed by atoms with Crippen LogP contribution < -0.4 is 0 Å². The van der Waals surface area contributed by atoms with Crippen LogP contribution in [0.5, 0.6) is 0 Å². The highest BCUT2D eigenvalue weighted by Gasteiger charge is 2.08. The minimum Gasteiger partial charge on any atom is -0.0856 e. The summed E-state index contributed by atoms with van der Waals surface area (Å²) in [6.07, 6.45) is 13.6. The first-order chi connectivity index (χ1) is 8.97. The van der Waals surface area contributed by atoms with Crippen molar-refractivity contribution in [3.8, 4) is 0 Å². The SMILES string of the molecule is CCCC(CC=C(C)C)CCCCCC(C)C(C)C. The summed E-state index contributed by atoms with van der Waals surface area (Å²) < 4.78 is 0. The van der Waals surface area contributed by atoms with Crippen LogP contribution in [0, 0.1) is 17.8 Å². The molecule has 0 aromatic rings. The van der Waals surface area contributed by atoms with E-state index in [0.29, 0.717) is 0 Å². The molecule has 0 aromatic heterocycles. The maximum Gasteiger partial charge on any atom is -0.0320 e. The summed E-state index contributed by atoms with van der Waals surface area (Å²) in [5, 5.41) is 0. The minimum atomic E-state index is 0.852. The number of hydrogen-bond acceptors (Lipinski definition) is 0. The van der Waals surface area contributed by atoms with Crippen LogP contribution in [0.15, 0.2) is 11.6 Å². The quantitative estimate of drug-likeness (QED) is 0.279. The zero-order valence-electron chi connectivity index (χ0n) is 14.5. The maximum atomic E-state index is 2.43. The zero-order valence-corrected chi connectivity index (χ0v) is 14.5. The van der Waals surface area contributed by atoms with Crippen molar-refractivity contribution >= 4 is 0 Å². The molecule has 0 aromatic carbocycles. The van der Waals surface area contributed by atoms with E-state index < -0.39 is 0 Å². The Bertz CT molecular complexity index is 220. The smallest absolute Gasteiger partial charge is 0.0320 e. The second kappa shape index (κ2) is 11.6. The third-order valence-electron chi connectivity index (χ3n) is 4.47. The van der Waals surface area contributed by atoms with Crippen LogP contribution in [-0.4, -0.2) is 0 Å². The molecule has 2 unspecified atom stereocenters. The van der Waals surface area contributed by atoms with Crippen molar-refractivity contribution in [2.45, 2.75) is 92.9 Å². The highest BCUT2D eigenvalue weighted by atomic mass is 14.1. The molecule has 114 valence electrons. The number of allylic oxidation sites excluding steroid dienone is 2. The lowest BCUT2D eigenvalue weighted by Crippen LogP contribution is -2.04. The van der Waals surface area contributed by atoms with Crippen LogP contribution in [0.1, 0.15) is 92.9 Å². The summed E-state index contributed by atoms with van der Waals surface area (Å²) >= 11 is 0. The summed E-state index contributed by atoms with van der Waals surface area (Å²) in [5.41, 5.74) is 1.48. The number of rotatable bonds is 11. The van der Waals surface area contributed by atoms with Crippen molar-refractivity contribution in [3.63, 3.8) is 0 Å². The molecule has 0 saturated carbocycles. The lowest BCUT2D eigenvalue weighted by molar-refractivity contribution is 0.365. The molecular weight excluding hydrogens is 228 g/mol. The molecule has 0 nitrogen and oxygen atoms in total. The van der Waals surface area contributed by atoms with Crippen LogP contribution in [0.3, 0.4) is 0 Å². The molecular formula is C19H38. The number of unbranched alkanes of at least 4 members (excludes halogenated alkanes) is 2.